The predicted octanol–water partition coefficient (Wildman–Crippen LogP) is 2.05. The largest absolute Gasteiger partial charge is 0.396 e. The summed E-state index contributed by atoms with van der Waals surface area (Å²) in [6, 6.07) is 1.98. The van der Waals surface area contributed by atoms with E-state index in [1.807, 2.05) is 6.07 Å². The maximum absolute atomic E-state index is 8.78. The Hall–Kier alpha value is -0.610. The summed E-state index contributed by atoms with van der Waals surface area (Å²) in [5.74, 6) is 0. The first-order chi connectivity index (χ1) is 6.79. The molecule has 1 rings (SSSR count). The normalized spacial score (nSPS) is 10.2. The van der Waals surface area contributed by atoms with Crippen molar-refractivity contribution >= 4 is 21.6 Å². The van der Waals surface area contributed by atoms with Crippen molar-refractivity contribution in [2.45, 2.75) is 13.3 Å². The van der Waals surface area contributed by atoms with E-state index in [-0.39, 0.29) is 6.61 Å². The molecular formula is C10H15BrN2O. The molecule has 0 saturated heterocycles. The maximum Gasteiger partial charge on any atom is 0.0592 e. The summed E-state index contributed by atoms with van der Waals surface area (Å²) in [5, 5.41) is 8.78. The van der Waals surface area contributed by atoms with Gasteiger partial charge in [0.25, 0.3) is 0 Å². The van der Waals surface area contributed by atoms with Crippen molar-refractivity contribution in [3.63, 3.8) is 0 Å². The zero-order chi connectivity index (χ0) is 10.4. The third-order valence-corrected chi connectivity index (χ3v) is 2.67. The topological polar surface area (TPSA) is 36.4 Å². The molecule has 0 fully saturated rings. The predicted molar refractivity (Wildman–Crippen MR) is 61.5 cm³/mol. The van der Waals surface area contributed by atoms with Gasteiger partial charge in [-0.2, -0.15) is 0 Å². The Morgan fingerprint density at radius 3 is 2.93 bits per heavy atom. The van der Waals surface area contributed by atoms with Crippen molar-refractivity contribution in [3.8, 4) is 0 Å². The van der Waals surface area contributed by atoms with Gasteiger partial charge in [0.05, 0.1) is 10.2 Å². The minimum Gasteiger partial charge on any atom is -0.396 e. The Balaban J connectivity index is 2.73. The second kappa shape index (κ2) is 5.98. The summed E-state index contributed by atoms with van der Waals surface area (Å²) in [6.07, 6.45) is 4.36. The van der Waals surface area contributed by atoms with Crippen LogP contribution in [-0.2, 0) is 0 Å². The van der Waals surface area contributed by atoms with Gasteiger partial charge < -0.3 is 10.0 Å². The Morgan fingerprint density at radius 2 is 2.36 bits per heavy atom. The van der Waals surface area contributed by atoms with Gasteiger partial charge in [0.15, 0.2) is 0 Å². The number of pyridine rings is 1. The molecule has 0 saturated carbocycles. The molecule has 0 aromatic carbocycles. The summed E-state index contributed by atoms with van der Waals surface area (Å²) in [4.78, 5) is 6.23. The summed E-state index contributed by atoms with van der Waals surface area (Å²) in [6.45, 7) is 4.14. The Labute approximate surface area is 92.9 Å². The van der Waals surface area contributed by atoms with Gasteiger partial charge in [0.1, 0.15) is 0 Å². The minimum absolute atomic E-state index is 0.235. The van der Waals surface area contributed by atoms with Crippen LogP contribution in [0.4, 0.5) is 5.69 Å². The van der Waals surface area contributed by atoms with E-state index in [4.69, 9.17) is 5.11 Å². The van der Waals surface area contributed by atoms with Crippen LogP contribution in [0.1, 0.15) is 13.3 Å². The first kappa shape index (κ1) is 11.5. The van der Waals surface area contributed by atoms with E-state index in [2.05, 4.69) is 32.7 Å². The number of nitrogens with zero attached hydrogens (tertiary/aromatic N) is 2. The Bertz CT molecular complexity index is 281. The van der Waals surface area contributed by atoms with Gasteiger partial charge >= 0.3 is 0 Å². The molecule has 3 nitrogen and oxygen atoms in total. The average molecular weight is 259 g/mol. The molecule has 1 N–H and O–H groups in total. The molecule has 14 heavy (non-hydrogen) atoms. The summed E-state index contributed by atoms with van der Waals surface area (Å²) < 4.78 is 1.000. The molecule has 0 radical (unpaired) electrons. The zero-order valence-electron chi connectivity index (χ0n) is 8.28. The van der Waals surface area contributed by atoms with E-state index >= 15 is 0 Å². The molecule has 1 aromatic heterocycles. The monoisotopic (exact) mass is 258 g/mol. The fourth-order valence-corrected chi connectivity index (χ4v) is 1.84. The highest BCUT2D eigenvalue weighted by Gasteiger charge is 2.06. The molecule has 1 heterocycles. The van der Waals surface area contributed by atoms with Gasteiger partial charge in [-0.1, -0.05) is 0 Å². The van der Waals surface area contributed by atoms with Crippen molar-refractivity contribution < 1.29 is 5.11 Å². The first-order valence-electron chi connectivity index (χ1n) is 4.75. The molecule has 0 unspecified atom stereocenters. The number of hydrogen-bond donors (Lipinski definition) is 1. The van der Waals surface area contributed by atoms with Crippen LogP contribution in [0, 0.1) is 0 Å². The van der Waals surface area contributed by atoms with Crippen LogP contribution in [0.5, 0.6) is 0 Å². The lowest BCUT2D eigenvalue weighted by molar-refractivity contribution is 0.289. The van der Waals surface area contributed by atoms with Crippen LogP contribution in [0.25, 0.3) is 0 Å². The number of rotatable bonds is 5. The number of anilines is 1. The fourth-order valence-electron chi connectivity index (χ4n) is 1.33. The summed E-state index contributed by atoms with van der Waals surface area (Å²) in [5.41, 5.74) is 1.14. The lowest BCUT2D eigenvalue weighted by atomic mass is 10.3. The maximum atomic E-state index is 8.78. The van der Waals surface area contributed by atoms with Gasteiger partial charge in [0, 0.05) is 32.1 Å². The van der Waals surface area contributed by atoms with Crippen LogP contribution < -0.4 is 4.90 Å². The van der Waals surface area contributed by atoms with Crippen molar-refractivity contribution in [2.75, 3.05) is 24.6 Å². The Kier molecular flexibility index (Phi) is 4.90. The number of halogens is 1. The van der Waals surface area contributed by atoms with Crippen molar-refractivity contribution in [2.24, 2.45) is 0 Å². The lowest BCUT2D eigenvalue weighted by Gasteiger charge is -2.23. The smallest absolute Gasteiger partial charge is 0.0592 e. The molecule has 0 amide bonds. The van der Waals surface area contributed by atoms with Gasteiger partial charge in [-0.3, -0.25) is 4.98 Å². The zero-order valence-corrected chi connectivity index (χ0v) is 9.87. The first-order valence-corrected chi connectivity index (χ1v) is 5.54. The molecule has 0 aliphatic carbocycles. The molecule has 0 atom stereocenters. The van der Waals surface area contributed by atoms with Crippen LogP contribution in [0.15, 0.2) is 22.9 Å². The third-order valence-electron chi connectivity index (χ3n) is 2.06. The van der Waals surface area contributed by atoms with Crippen LogP contribution in [0.2, 0.25) is 0 Å². The number of aliphatic hydroxyl groups excluding tert-OH is 1. The van der Waals surface area contributed by atoms with Crippen molar-refractivity contribution in [3.05, 3.63) is 22.9 Å². The van der Waals surface area contributed by atoms with E-state index in [1.54, 1.807) is 12.4 Å². The summed E-state index contributed by atoms with van der Waals surface area (Å²) in [7, 11) is 0. The molecule has 0 aliphatic heterocycles. The average Bonchev–Trinajstić information content (AvgIpc) is 2.21. The number of aromatic nitrogens is 1. The number of hydrogen-bond acceptors (Lipinski definition) is 3. The molecule has 1 aromatic rings. The molecule has 0 aliphatic rings. The standard InChI is InChI=1S/C10H15BrN2O/c1-2-13(6-3-7-14)10-4-5-12-8-9(10)11/h4-5,8,14H,2-3,6-7H2,1H3. The van der Waals surface area contributed by atoms with Crippen molar-refractivity contribution in [1.82, 2.24) is 4.98 Å². The van der Waals surface area contributed by atoms with Gasteiger partial charge in [-0.15, -0.1) is 0 Å². The van der Waals surface area contributed by atoms with Gasteiger partial charge in [-0.25, -0.2) is 0 Å². The van der Waals surface area contributed by atoms with E-state index in [0.29, 0.717) is 0 Å². The highest BCUT2D eigenvalue weighted by atomic mass is 79.9. The van der Waals surface area contributed by atoms with E-state index in [1.165, 1.54) is 0 Å². The number of aliphatic hydroxyl groups is 1. The highest BCUT2D eigenvalue weighted by molar-refractivity contribution is 9.10. The molecule has 4 heteroatoms. The SMILES string of the molecule is CCN(CCCO)c1ccncc1Br. The van der Waals surface area contributed by atoms with E-state index in [0.717, 1.165) is 29.7 Å². The fraction of sp³-hybridized carbons (Fsp3) is 0.500. The van der Waals surface area contributed by atoms with Gasteiger partial charge in [-0.05, 0) is 35.3 Å². The second-order valence-corrected chi connectivity index (χ2v) is 3.84. The molecule has 0 spiro atoms. The molecule has 78 valence electrons. The lowest BCUT2D eigenvalue weighted by Crippen LogP contribution is -2.24. The van der Waals surface area contributed by atoms with Gasteiger partial charge in [0.2, 0.25) is 0 Å². The van der Waals surface area contributed by atoms with E-state index in [9.17, 15) is 0 Å². The van der Waals surface area contributed by atoms with Crippen LogP contribution in [0.3, 0.4) is 0 Å². The summed E-state index contributed by atoms with van der Waals surface area (Å²) >= 11 is 3.46. The highest BCUT2D eigenvalue weighted by Crippen LogP contribution is 2.24. The molecular weight excluding hydrogens is 244 g/mol. The second-order valence-electron chi connectivity index (χ2n) is 2.98. The quantitative estimate of drug-likeness (QED) is 0.879. The Morgan fingerprint density at radius 1 is 1.57 bits per heavy atom. The van der Waals surface area contributed by atoms with Crippen LogP contribution >= 0.6 is 15.9 Å². The molecule has 0 bridgehead atoms. The van der Waals surface area contributed by atoms with Crippen LogP contribution in [-0.4, -0.2) is 29.8 Å². The van der Waals surface area contributed by atoms with Crippen molar-refractivity contribution in [1.29, 1.82) is 0 Å². The third kappa shape index (κ3) is 2.96. The van der Waals surface area contributed by atoms with E-state index < -0.39 is 0 Å². The minimum atomic E-state index is 0.235.